The molecule has 1 atom stereocenters. The highest BCUT2D eigenvalue weighted by molar-refractivity contribution is 8.00. The lowest BCUT2D eigenvalue weighted by atomic mass is 9.95. The first-order chi connectivity index (χ1) is 20.8. The molecule has 2 heterocycles. The summed E-state index contributed by atoms with van der Waals surface area (Å²) in [6.45, 7) is 2.03. The van der Waals surface area contributed by atoms with Crippen LogP contribution >= 0.6 is 23.1 Å². The van der Waals surface area contributed by atoms with Gasteiger partial charge in [-0.1, -0.05) is 89.3 Å². The number of aliphatic hydroxyl groups is 1. The first-order valence-corrected chi connectivity index (χ1v) is 15.0. The van der Waals surface area contributed by atoms with Crippen molar-refractivity contribution in [1.29, 1.82) is 0 Å². The van der Waals surface area contributed by atoms with Crippen molar-refractivity contribution < 1.29 is 28.9 Å². The van der Waals surface area contributed by atoms with Crippen LogP contribution in [0.2, 0.25) is 0 Å². The van der Waals surface area contributed by atoms with Crippen LogP contribution in [0.4, 0.5) is 5.13 Å². The van der Waals surface area contributed by atoms with Crippen molar-refractivity contribution in [3.8, 4) is 17.2 Å². The molecular weight excluding hydrogens is 587 g/mol. The fourth-order valence-electron chi connectivity index (χ4n) is 4.64. The standard InChI is InChI=1S/C32H29N3O6S2/c1-19-10-12-21(13-11-19)18-42-32-34-33-31(43-32)35-27(22-16-24(39-2)29(41-4)25(17-22)40-3)26(28(37)30(35)38)23(36)15-14-20-8-6-5-7-9-20/h5-17,27,37H,18H2,1-4H3. The van der Waals surface area contributed by atoms with E-state index in [9.17, 15) is 14.7 Å². The van der Waals surface area contributed by atoms with Crippen molar-refractivity contribution in [2.75, 3.05) is 26.2 Å². The lowest BCUT2D eigenvalue weighted by Crippen LogP contribution is -2.31. The van der Waals surface area contributed by atoms with E-state index in [1.54, 1.807) is 18.2 Å². The van der Waals surface area contributed by atoms with Crippen LogP contribution in [0.3, 0.4) is 0 Å². The van der Waals surface area contributed by atoms with E-state index in [0.717, 1.165) is 11.1 Å². The van der Waals surface area contributed by atoms with Crippen LogP contribution in [-0.4, -0.2) is 48.3 Å². The van der Waals surface area contributed by atoms with E-state index in [1.807, 2.05) is 49.4 Å². The summed E-state index contributed by atoms with van der Waals surface area (Å²) in [5, 5.41) is 19.9. The Balaban J connectivity index is 1.54. The molecular formula is C32H29N3O6S2. The maximum absolute atomic E-state index is 13.6. The normalized spacial score (nSPS) is 14.9. The predicted molar refractivity (Wildman–Crippen MR) is 167 cm³/mol. The molecule has 1 unspecified atom stereocenters. The number of nitrogens with zero attached hydrogens (tertiary/aromatic N) is 3. The molecule has 0 saturated carbocycles. The Morgan fingerprint density at radius 3 is 2.30 bits per heavy atom. The number of hydrogen-bond acceptors (Lipinski definition) is 10. The van der Waals surface area contributed by atoms with E-state index < -0.39 is 23.5 Å². The second-order valence-electron chi connectivity index (χ2n) is 9.53. The SMILES string of the molecule is COc1cc(C2C(C(=O)C=Cc3ccccc3)=C(O)C(=O)N2c2nnc(SCc3ccc(C)cc3)s2)cc(OC)c1OC. The van der Waals surface area contributed by atoms with Crippen molar-refractivity contribution in [3.05, 3.63) is 106 Å². The second kappa shape index (κ2) is 13.1. The van der Waals surface area contributed by atoms with Gasteiger partial charge >= 0.3 is 0 Å². The molecule has 1 aliphatic rings. The molecule has 9 nitrogen and oxygen atoms in total. The van der Waals surface area contributed by atoms with Gasteiger partial charge in [-0.25, -0.2) is 0 Å². The van der Waals surface area contributed by atoms with Gasteiger partial charge in [-0.15, -0.1) is 10.2 Å². The van der Waals surface area contributed by atoms with Gasteiger partial charge < -0.3 is 19.3 Å². The highest BCUT2D eigenvalue weighted by atomic mass is 32.2. The zero-order valence-electron chi connectivity index (χ0n) is 23.9. The van der Waals surface area contributed by atoms with Crippen LogP contribution in [-0.2, 0) is 15.3 Å². The third-order valence-electron chi connectivity index (χ3n) is 6.79. The number of allylic oxidation sites excluding steroid dienone is 1. The molecule has 1 aromatic heterocycles. The maximum Gasteiger partial charge on any atom is 0.296 e. The molecule has 11 heteroatoms. The topological polar surface area (TPSA) is 111 Å². The lowest BCUT2D eigenvalue weighted by Gasteiger charge is -2.25. The number of hydrogen-bond donors (Lipinski definition) is 1. The third kappa shape index (κ3) is 6.27. The van der Waals surface area contributed by atoms with Gasteiger partial charge in [-0.05, 0) is 41.8 Å². The van der Waals surface area contributed by atoms with E-state index in [4.69, 9.17) is 14.2 Å². The molecule has 3 aromatic carbocycles. The Bertz CT molecular complexity index is 1670. The quantitative estimate of drug-likeness (QED) is 0.117. The molecule has 0 saturated heterocycles. The van der Waals surface area contributed by atoms with Crippen LogP contribution in [0.1, 0.15) is 28.3 Å². The van der Waals surface area contributed by atoms with Gasteiger partial charge in [0.2, 0.25) is 10.9 Å². The fraction of sp³-hybridized carbons (Fsp3) is 0.188. The summed E-state index contributed by atoms with van der Waals surface area (Å²) in [4.78, 5) is 28.6. The number of thioether (sulfide) groups is 1. The molecule has 0 aliphatic carbocycles. The van der Waals surface area contributed by atoms with Crippen molar-refractivity contribution in [3.63, 3.8) is 0 Å². The van der Waals surface area contributed by atoms with E-state index in [1.165, 1.54) is 61.0 Å². The number of anilines is 1. The number of ketones is 1. The minimum atomic E-state index is -1.04. The Hall–Kier alpha value is -4.61. The van der Waals surface area contributed by atoms with Gasteiger partial charge in [-0.2, -0.15) is 0 Å². The van der Waals surface area contributed by atoms with Gasteiger partial charge in [0.1, 0.15) is 0 Å². The number of amides is 1. The summed E-state index contributed by atoms with van der Waals surface area (Å²) in [5.74, 6) is -0.291. The molecule has 0 bridgehead atoms. The van der Waals surface area contributed by atoms with Crippen LogP contribution in [0.25, 0.3) is 6.08 Å². The lowest BCUT2D eigenvalue weighted by molar-refractivity contribution is -0.117. The number of aliphatic hydroxyl groups excluding tert-OH is 1. The molecule has 43 heavy (non-hydrogen) atoms. The van der Waals surface area contributed by atoms with Crippen LogP contribution in [0.5, 0.6) is 17.2 Å². The monoisotopic (exact) mass is 615 g/mol. The van der Waals surface area contributed by atoms with E-state index in [-0.39, 0.29) is 10.7 Å². The Morgan fingerprint density at radius 1 is 1.00 bits per heavy atom. The number of aryl methyl sites for hydroxylation is 1. The molecule has 4 aromatic rings. The fourth-order valence-corrected chi connectivity index (χ4v) is 6.47. The van der Waals surface area contributed by atoms with Gasteiger partial charge in [0.05, 0.1) is 32.9 Å². The highest BCUT2D eigenvalue weighted by Gasteiger charge is 2.46. The maximum atomic E-state index is 13.6. The largest absolute Gasteiger partial charge is 0.503 e. The molecule has 220 valence electrons. The van der Waals surface area contributed by atoms with E-state index in [0.29, 0.717) is 32.9 Å². The Morgan fingerprint density at radius 2 is 1.67 bits per heavy atom. The van der Waals surface area contributed by atoms with Gasteiger partial charge in [0.25, 0.3) is 5.91 Å². The minimum Gasteiger partial charge on any atom is -0.503 e. The average molecular weight is 616 g/mol. The van der Waals surface area contributed by atoms with Crippen LogP contribution in [0.15, 0.2) is 88.5 Å². The zero-order valence-corrected chi connectivity index (χ0v) is 25.6. The highest BCUT2D eigenvalue weighted by Crippen LogP contribution is 2.47. The van der Waals surface area contributed by atoms with E-state index >= 15 is 0 Å². The Labute approximate surface area is 257 Å². The summed E-state index contributed by atoms with van der Waals surface area (Å²) in [6.07, 6.45) is 2.97. The van der Waals surface area contributed by atoms with Gasteiger partial charge in [0, 0.05) is 5.75 Å². The smallest absolute Gasteiger partial charge is 0.296 e. The number of ether oxygens (including phenoxy) is 3. The first kappa shape index (κ1) is 29.9. The number of aromatic nitrogens is 2. The van der Waals surface area contributed by atoms with Crippen molar-refractivity contribution in [1.82, 2.24) is 10.2 Å². The second-order valence-corrected chi connectivity index (χ2v) is 11.7. The van der Waals surface area contributed by atoms with E-state index in [2.05, 4.69) is 22.3 Å². The number of carbonyl (C=O) groups excluding carboxylic acids is 2. The molecule has 0 radical (unpaired) electrons. The third-order valence-corrected chi connectivity index (χ3v) is 8.91. The molecule has 0 spiro atoms. The molecule has 5 rings (SSSR count). The van der Waals surface area contributed by atoms with Crippen LogP contribution in [0, 0.1) is 6.92 Å². The zero-order chi connectivity index (χ0) is 30.5. The summed E-state index contributed by atoms with van der Waals surface area (Å²) in [5.41, 5.74) is 3.44. The molecule has 1 amide bonds. The number of rotatable bonds is 11. The van der Waals surface area contributed by atoms with Crippen molar-refractivity contribution >= 4 is 46.0 Å². The first-order valence-electron chi connectivity index (χ1n) is 13.2. The minimum absolute atomic E-state index is 0.101. The summed E-state index contributed by atoms with van der Waals surface area (Å²) in [7, 11) is 4.43. The number of carbonyl (C=O) groups is 2. The Kier molecular flexibility index (Phi) is 9.13. The molecule has 1 N–H and O–H groups in total. The van der Waals surface area contributed by atoms with Crippen molar-refractivity contribution in [2.45, 2.75) is 23.1 Å². The average Bonchev–Trinajstić information content (AvgIpc) is 3.60. The summed E-state index contributed by atoms with van der Waals surface area (Å²) in [6, 6.07) is 19.7. The van der Waals surface area contributed by atoms with Gasteiger partial charge in [0.15, 0.2) is 27.4 Å². The predicted octanol–water partition coefficient (Wildman–Crippen LogP) is 6.35. The summed E-state index contributed by atoms with van der Waals surface area (Å²) >= 11 is 2.68. The summed E-state index contributed by atoms with van der Waals surface area (Å²) < 4.78 is 17.2. The number of benzene rings is 3. The number of methoxy groups -OCH3 is 3. The van der Waals surface area contributed by atoms with Gasteiger partial charge in [-0.3, -0.25) is 14.5 Å². The van der Waals surface area contributed by atoms with Crippen LogP contribution < -0.4 is 19.1 Å². The molecule has 0 fully saturated rings. The molecule has 1 aliphatic heterocycles. The van der Waals surface area contributed by atoms with Crippen molar-refractivity contribution in [2.24, 2.45) is 0 Å².